The topological polar surface area (TPSA) is 61.8 Å². The van der Waals surface area contributed by atoms with Crippen molar-refractivity contribution in [3.8, 4) is 11.5 Å². The van der Waals surface area contributed by atoms with Gasteiger partial charge in [0.25, 0.3) is 5.78 Å². The van der Waals surface area contributed by atoms with Crippen LogP contribution in [-0.4, -0.2) is 32.6 Å². The van der Waals surface area contributed by atoms with Crippen LogP contribution >= 0.6 is 15.9 Å². The summed E-state index contributed by atoms with van der Waals surface area (Å²) in [5.74, 6) is -0.694. The van der Waals surface area contributed by atoms with E-state index in [1.54, 1.807) is 6.92 Å². The minimum atomic E-state index is -0.874. The van der Waals surface area contributed by atoms with Crippen LogP contribution < -0.4 is 9.47 Å². The zero-order valence-corrected chi connectivity index (χ0v) is 13.5. The number of methoxy groups -OCH3 is 2. The van der Waals surface area contributed by atoms with Crippen molar-refractivity contribution in [2.24, 2.45) is 0 Å². The molecule has 0 amide bonds. The fourth-order valence-corrected chi connectivity index (χ4v) is 2.70. The van der Waals surface area contributed by atoms with Gasteiger partial charge in [0.2, 0.25) is 0 Å². The fraction of sp³-hybridized carbons (Fsp3) is 0.429. The SMILES string of the molecule is CCOC(=O)C(=O)c1cc(OC)c(OC)c(Br)c1CC. The van der Waals surface area contributed by atoms with Crippen molar-refractivity contribution in [1.82, 2.24) is 0 Å². The van der Waals surface area contributed by atoms with E-state index in [1.807, 2.05) is 6.92 Å². The molecular formula is C14H17BrO5. The maximum absolute atomic E-state index is 12.1. The van der Waals surface area contributed by atoms with E-state index in [1.165, 1.54) is 20.3 Å². The summed E-state index contributed by atoms with van der Waals surface area (Å²) in [5, 5.41) is 0. The smallest absolute Gasteiger partial charge is 0.379 e. The Balaban J connectivity index is 3.42. The highest BCUT2D eigenvalue weighted by atomic mass is 79.9. The molecule has 0 aliphatic heterocycles. The predicted octanol–water partition coefficient (Wildman–Crippen LogP) is 2.77. The lowest BCUT2D eigenvalue weighted by Gasteiger charge is -2.16. The van der Waals surface area contributed by atoms with Crippen molar-refractivity contribution < 1.29 is 23.8 Å². The molecule has 0 heterocycles. The summed E-state index contributed by atoms with van der Waals surface area (Å²) >= 11 is 3.39. The van der Waals surface area contributed by atoms with Gasteiger partial charge >= 0.3 is 5.97 Å². The quantitative estimate of drug-likeness (QED) is 0.451. The molecule has 0 spiro atoms. The molecule has 1 rings (SSSR count). The zero-order valence-electron chi connectivity index (χ0n) is 11.9. The second-order valence-electron chi connectivity index (χ2n) is 3.86. The number of hydrogen-bond acceptors (Lipinski definition) is 5. The molecule has 1 aromatic rings. The van der Waals surface area contributed by atoms with Gasteiger partial charge in [-0.1, -0.05) is 6.92 Å². The second kappa shape index (κ2) is 7.28. The molecule has 1 aromatic carbocycles. The Morgan fingerprint density at radius 3 is 2.30 bits per heavy atom. The van der Waals surface area contributed by atoms with Crippen molar-refractivity contribution in [2.45, 2.75) is 20.3 Å². The zero-order chi connectivity index (χ0) is 15.3. The molecule has 0 atom stereocenters. The number of esters is 1. The summed E-state index contributed by atoms with van der Waals surface area (Å²) < 4.78 is 15.8. The number of benzene rings is 1. The summed E-state index contributed by atoms with van der Waals surface area (Å²) in [7, 11) is 2.98. The molecule has 5 nitrogen and oxygen atoms in total. The first-order chi connectivity index (χ1) is 9.51. The van der Waals surface area contributed by atoms with Crippen molar-refractivity contribution in [3.05, 3.63) is 21.7 Å². The highest BCUT2D eigenvalue weighted by molar-refractivity contribution is 9.10. The van der Waals surface area contributed by atoms with Crippen LogP contribution in [0, 0.1) is 0 Å². The maximum Gasteiger partial charge on any atom is 0.379 e. The molecule has 0 aromatic heterocycles. The van der Waals surface area contributed by atoms with Crippen molar-refractivity contribution in [2.75, 3.05) is 20.8 Å². The molecular weight excluding hydrogens is 328 g/mol. The molecule has 0 saturated carbocycles. The highest BCUT2D eigenvalue weighted by Crippen LogP contribution is 2.40. The number of carbonyl (C=O) groups excluding carboxylic acids is 2. The van der Waals surface area contributed by atoms with Gasteiger partial charge < -0.3 is 14.2 Å². The average Bonchev–Trinajstić information content (AvgIpc) is 2.45. The van der Waals surface area contributed by atoms with Crippen LogP contribution in [-0.2, 0) is 16.0 Å². The van der Waals surface area contributed by atoms with Crippen LogP contribution in [0.5, 0.6) is 11.5 Å². The van der Waals surface area contributed by atoms with Gasteiger partial charge in [-0.15, -0.1) is 0 Å². The molecule has 0 saturated heterocycles. The lowest BCUT2D eigenvalue weighted by Crippen LogP contribution is -2.19. The van der Waals surface area contributed by atoms with Gasteiger partial charge in [-0.05, 0) is 40.9 Å². The first-order valence-corrected chi connectivity index (χ1v) is 6.95. The number of Topliss-reactive ketones (excluding diaryl/α,β-unsaturated/α-hetero) is 1. The second-order valence-corrected chi connectivity index (χ2v) is 4.65. The van der Waals surface area contributed by atoms with E-state index in [9.17, 15) is 9.59 Å². The molecule has 0 fully saturated rings. The Morgan fingerprint density at radius 1 is 1.20 bits per heavy atom. The van der Waals surface area contributed by atoms with Crippen LogP contribution in [0.15, 0.2) is 10.5 Å². The predicted molar refractivity (Wildman–Crippen MR) is 77.6 cm³/mol. The molecule has 0 aliphatic carbocycles. The van der Waals surface area contributed by atoms with E-state index < -0.39 is 11.8 Å². The van der Waals surface area contributed by atoms with E-state index in [0.29, 0.717) is 28.0 Å². The molecule has 0 aliphatic rings. The van der Waals surface area contributed by atoms with Crippen LogP contribution in [0.4, 0.5) is 0 Å². The summed E-state index contributed by atoms with van der Waals surface area (Å²) in [6, 6.07) is 1.50. The third-order valence-corrected chi connectivity index (χ3v) is 3.61. The average molecular weight is 345 g/mol. The number of carbonyl (C=O) groups is 2. The molecule has 20 heavy (non-hydrogen) atoms. The Kier molecular flexibility index (Phi) is 6.01. The minimum absolute atomic E-state index is 0.153. The number of ether oxygens (including phenoxy) is 3. The van der Waals surface area contributed by atoms with Gasteiger partial charge in [-0.2, -0.15) is 0 Å². The number of ketones is 1. The first-order valence-electron chi connectivity index (χ1n) is 6.16. The van der Waals surface area contributed by atoms with Gasteiger partial charge in [0.05, 0.1) is 25.3 Å². The first kappa shape index (κ1) is 16.5. The van der Waals surface area contributed by atoms with Crippen LogP contribution in [0.1, 0.15) is 29.8 Å². The Labute approximate surface area is 126 Å². The fourth-order valence-electron chi connectivity index (χ4n) is 1.84. The Morgan fingerprint density at radius 2 is 1.85 bits per heavy atom. The number of rotatable bonds is 6. The summed E-state index contributed by atoms with van der Waals surface area (Å²) in [5.41, 5.74) is 0.941. The van der Waals surface area contributed by atoms with E-state index in [0.717, 1.165) is 0 Å². The van der Waals surface area contributed by atoms with Gasteiger partial charge in [0.1, 0.15) is 0 Å². The van der Waals surface area contributed by atoms with E-state index >= 15 is 0 Å². The summed E-state index contributed by atoms with van der Waals surface area (Å²) in [6.45, 7) is 3.69. The summed E-state index contributed by atoms with van der Waals surface area (Å²) in [4.78, 5) is 23.8. The van der Waals surface area contributed by atoms with Gasteiger partial charge in [0.15, 0.2) is 11.5 Å². The van der Waals surface area contributed by atoms with Crippen LogP contribution in [0.3, 0.4) is 0 Å². The van der Waals surface area contributed by atoms with Crippen molar-refractivity contribution in [1.29, 1.82) is 0 Å². The van der Waals surface area contributed by atoms with Crippen LogP contribution in [0.25, 0.3) is 0 Å². The lowest BCUT2D eigenvalue weighted by molar-refractivity contribution is -0.137. The van der Waals surface area contributed by atoms with E-state index in [4.69, 9.17) is 14.2 Å². The van der Waals surface area contributed by atoms with Crippen molar-refractivity contribution >= 4 is 27.7 Å². The van der Waals surface area contributed by atoms with E-state index in [2.05, 4.69) is 15.9 Å². The highest BCUT2D eigenvalue weighted by Gasteiger charge is 2.25. The molecule has 0 unspecified atom stereocenters. The standard InChI is InChI=1S/C14H17BrO5/c1-5-8-9(12(16)14(17)20-6-2)7-10(18-3)13(19-4)11(8)15/h7H,5-6H2,1-4H3. The largest absolute Gasteiger partial charge is 0.493 e. The third kappa shape index (κ3) is 3.12. The van der Waals surface area contributed by atoms with Gasteiger partial charge in [-0.25, -0.2) is 4.79 Å². The van der Waals surface area contributed by atoms with E-state index in [-0.39, 0.29) is 12.2 Å². The third-order valence-electron chi connectivity index (χ3n) is 2.77. The molecule has 110 valence electrons. The molecule has 0 bridgehead atoms. The molecule has 0 N–H and O–H groups in total. The number of hydrogen-bond donors (Lipinski definition) is 0. The Hall–Kier alpha value is -1.56. The van der Waals surface area contributed by atoms with Crippen LogP contribution in [0.2, 0.25) is 0 Å². The normalized spacial score (nSPS) is 10.1. The summed E-state index contributed by atoms with van der Waals surface area (Å²) in [6.07, 6.45) is 0.557. The Bertz CT molecular complexity index is 525. The number of halogens is 1. The minimum Gasteiger partial charge on any atom is -0.493 e. The lowest BCUT2D eigenvalue weighted by atomic mass is 10.0. The molecule has 6 heteroatoms. The monoisotopic (exact) mass is 344 g/mol. The van der Waals surface area contributed by atoms with Gasteiger partial charge in [0, 0.05) is 5.56 Å². The maximum atomic E-state index is 12.1. The van der Waals surface area contributed by atoms with Crippen molar-refractivity contribution in [3.63, 3.8) is 0 Å². The molecule has 0 radical (unpaired) electrons. The van der Waals surface area contributed by atoms with Gasteiger partial charge in [-0.3, -0.25) is 4.79 Å².